The lowest BCUT2D eigenvalue weighted by Crippen LogP contribution is -2.56. The molecule has 1 aliphatic carbocycles. The molecule has 3 heterocycles. The van der Waals surface area contributed by atoms with Crippen LogP contribution in [0.15, 0.2) is 17.2 Å². The van der Waals surface area contributed by atoms with Crippen molar-refractivity contribution in [2.45, 2.75) is 36.1 Å². The smallest absolute Gasteiger partial charge is 0.267 e. The molecular weight excluding hydrogens is 428 g/mol. The minimum Gasteiger partial charge on any atom is -0.356 e. The number of hydrogen-bond acceptors (Lipinski definition) is 6. The van der Waals surface area contributed by atoms with Gasteiger partial charge in [-0.25, -0.2) is 8.42 Å². The van der Waals surface area contributed by atoms with E-state index in [1.807, 2.05) is 11.8 Å². The van der Waals surface area contributed by atoms with Gasteiger partial charge in [0.1, 0.15) is 10.6 Å². The van der Waals surface area contributed by atoms with Crippen LogP contribution >= 0.6 is 23.5 Å². The van der Waals surface area contributed by atoms with Crippen molar-refractivity contribution in [3.05, 3.63) is 18.0 Å². The molecule has 3 aliphatic rings. The van der Waals surface area contributed by atoms with E-state index in [9.17, 15) is 13.2 Å². The van der Waals surface area contributed by atoms with Crippen molar-refractivity contribution in [1.82, 2.24) is 19.5 Å². The summed E-state index contributed by atoms with van der Waals surface area (Å²) in [5.41, 5.74) is 0.376. The lowest BCUT2D eigenvalue weighted by atomic mass is 9.94. The summed E-state index contributed by atoms with van der Waals surface area (Å²) >= 11 is 3.76. The molecule has 1 aromatic rings. The van der Waals surface area contributed by atoms with Gasteiger partial charge in [-0.15, -0.1) is 0 Å². The molecule has 0 spiro atoms. The van der Waals surface area contributed by atoms with Gasteiger partial charge in [-0.2, -0.15) is 27.8 Å². The van der Waals surface area contributed by atoms with Gasteiger partial charge in [0.05, 0.1) is 0 Å². The fourth-order valence-corrected chi connectivity index (χ4v) is 8.08. The molecule has 29 heavy (non-hydrogen) atoms. The molecule has 1 saturated carbocycles. The van der Waals surface area contributed by atoms with Gasteiger partial charge >= 0.3 is 0 Å². The molecule has 2 saturated heterocycles. The highest BCUT2D eigenvalue weighted by Gasteiger charge is 2.40. The maximum atomic E-state index is 12.8. The Balaban J connectivity index is 1.41. The zero-order valence-electron chi connectivity index (χ0n) is 16.7. The lowest BCUT2D eigenvalue weighted by Gasteiger charge is -2.43. The number of thioether (sulfide) groups is 2. The van der Waals surface area contributed by atoms with Gasteiger partial charge in [0, 0.05) is 67.5 Å². The number of aromatic nitrogens is 1. The van der Waals surface area contributed by atoms with Crippen LogP contribution in [0.2, 0.25) is 0 Å². The van der Waals surface area contributed by atoms with E-state index in [1.165, 1.54) is 29.4 Å². The Morgan fingerprint density at radius 3 is 2.34 bits per heavy atom. The standard InChI is InChI=1S/C19H30N4O3S3/c24-18(21-15-19(3-1-2-4-19)22-5-9-27-10-6-22)17-13-16(14-20-17)29(25,26)23-7-11-28-12-8-23/h13-14,20H,1-12,15H2,(H,21,24). The highest BCUT2D eigenvalue weighted by atomic mass is 32.2. The van der Waals surface area contributed by atoms with Crippen LogP contribution in [0.1, 0.15) is 36.2 Å². The van der Waals surface area contributed by atoms with E-state index in [0.717, 1.165) is 48.9 Å². The Bertz CT molecular complexity index is 808. The molecule has 2 N–H and O–H groups in total. The van der Waals surface area contributed by atoms with Crippen molar-refractivity contribution in [3.8, 4) is 0 Å². The molecule has 0 atom stereocenters. The van der Waals surface area contributed by atoms with Crippen LogP contribution in [-0.2, 0) is 10.0 Å². The van der Waals surface area contributed by atoms with Gasteiger partial charge in [-0.3, -0.25) is 9.69 Å². The van der Waals surface area contributed by atoms with Crippen LogP contribution in [0.3, 0.4) is 0 Å². The van der Waals surface area contributed by atoms with Gasteiger partial charge in [0.25, 0.3) is 5.91 Å². The number of aromatic amines is 1. The fraction of sp³-hybridized carbons (Fsp3) is 0.737. The molecule has 0 bridgehead atoms. The van der Waals surface area contributed by atoms with Crippen molar-refractivity contribution in [3.63, 3.8) is 0 Å². The number of H-pyrrole nitrogens is 1. The van der Waals surface area contributed by atoms with Crippen LogP contribution in [-0.4, -0.2) is 89.8 Å². The average molecular weight is 459 g/mol. The molecule has 0 unspecified atom stereocenters. The molecule has 162 valence electrons. The van der Waals surface area contributed by atoms with E-state index >= 15 is 0 Å². The molecule has 0 aromatic carbocycles. The summed E-state index contributed by atoms with van der Waals surface area (Å²) in [7, 11) is -3.54. The van der Waals surface area contributed by atoms with Gasteiger partial charge in [-0.1, -0.05) is 12.8 Å². The van der Waals surface area contributed by atoms with Gasteiger partial charge in [0.15, 0.2) is 0 Å². The molecule has 2 aliphatic heterocycles. The lowest BCUT2D eigenvalue weighted by molar-refractivity contribution is 0.0814. The second-order valence-corrected chi connectivity index (χ2v) is 12.4. The fourth-order valence-electron chi connectivity index (χ4n) is 4.61. The van der Waals surface area contributed by atoms with Crippen LogP contribution in [0.25, 0.3) is 0 Å². The van der Waals surface area contributed by atoms with Crippen molar-refractivity contribution in [2.75, 3.05) is 55.7 Å². The van der Waals surface area contributed by atoms with Crippen molar-refractivity contribution in [1.29, 1.82) is 0 Å². The normalized spacial score (nSPS) is 23.9. The molecule has 10 heteroatoms. The molecule has 4 rings (SSSR count). The summed E-state index contributed by atoms with van der Waals surface area (Å²) in [5.74, 6) is 3.71. The first-order chi connectivity index (χ1) is 14.0. The van der Waals surface area contributed by atoms with Gasteiger partial charge in [-0.05, 0) is 18.9 Å². The SMILES string of the molecule is O=C(NCC1(N2CCSCC2)CCCC1)c1cc(S(=O)(=O)N2CCSCC2)c[nH]1. The van der Waals surface area contributed by atoms with Crippen molar-refractivity contribution < 1.29 is 13.2 Å². The van der Waals surface area contributed by atoms with Crippen LogP contribution < -0.4 is 5.32 Å². The van der Waals surface area contributed by atoms with Crippen LogP contribution in [0.4, 0.5) is 0 Å². The van der Waals surface area contributed by atoms with E-state index in [0.29, 0.717) is 25.3 Å². The third-order valence-corrected chi connectivity index (χ3v) is 10.1. The molecule has 1 amide bonds. The molecule has 7 nitrogen and oxygen atoms in total. The Morgan fingerprint density at radius 1 is 1.07 bits per heavy atom. The van der Waals surface area contributed by atoms with Crippen molar-refractivity contribution in [2.24, 2.45) is 0 Å². The topological polar surface area (TPSA) is 85.5 Å². The minimum absolute atomic E-state index is 0.0591. The third-order valence-electron chi connectivity index (χ3n) is 6.30. The quantitative estimate of drug-likeness (QED) is 0.677. The summed E-state index contributed by atoms with van der Waals surface area (Å²) in [6.45, 7) is 3.84. The number of carbonyl (C=O) groups excluding carboxylic acids is 1. The first kappa shape index (κ1) is 21.5. The summed E-state index contributed by atoms with van der Waals surface area (Å²) in [5, 5.41) is 3.09. The Labute approximate surface area is 181 Å². The van der Waals surface area contributed by atoms with Crippen molar-refractivity contribution >= 4 is 39.5 Å². The van der Waals surface area contributed by atoms with E-state index in [1.54, 1.807) is 11.8 Å². The largest absolute Gasteiger partial charge is 0.356 e. The van der Waals surface area contributed by atoms with Gasteiger partial charge < -0.3 is 10.3 Å². The zero-order chi connectivity index (χ0) is 20.3. The Hall–Kier alpha value is -0.680. The number of sulfonamides is 1. The van der Waals surface area contributed by atoms with E-state index < -0.39 is 10.0 Å². The number of hydrogen-bond donors (Lipinski definition) is 2. The molecule has 1 aromatic heterocycles. The minimum atomic E-state index is -3.54. The Kier molecular flexibility index (Phi) is 6.85. The molecular formula is C19H30N4O3S3. The maximum Gasteiger partial charge on any atom is 0.267 e. The first-order valence-corrected chi connectivity index (χ1v) is 14.1. The second kappa shape index (κ2) is 9.21. The monoisotopic (exact) mass is 458 g/mol. The number of rotatable bonds is 6. The number of amides is 1. The third kappa shape index (κ3) is 4.66. The highest BCUT2D eigenvalue weighted by molar-refractivity contribution is 7.99. The van der Waals surface area contributed by atoms with Gasteiger partial charge in [0.2, 0.25) is 10.0 Å². The highest BCUT2D eigenvalue weighted by Crippen LogP contribution is 2.36. The Morgan fingerprint density at radius 2 is 1.69 bits per heavy atom. The zero-order valence-corrected chi connectivity index (χ0v) is 19.1. The summed E-state index contributed by atoms with van der Waals surface area (Å²) < 4.78 is 27.1. The summed E-state index contributed by atoms with van der Waals surface area (Å²) in [6.07, 6.45) is 6.10. The number of nitrogens with zero attached hydrogens (tertiary/aromatic N) is 2. The predicted molar refractivity (Wildman–Crippen MR) is 119 cm³/mol. The van der Waals surface area contributed by atoms with E-state index in [-0.39, 0.29) is 16.3 Å². The first-order valence-electron chi connectivity index (χ1n) is 10.4. The summed E-state index contributed by atoms with van der Waals surface area (Å²) in [6, 6.07) is 1.48. The predicted octanol–water partition coefficient (Wildman–Crippen LogP) is 1.84. The second-order valence-electron chi connectivity index (χ2n) is 7.98. The number of carbonyl (C=O) groups is 1. The maximum absolute atomic E-state index is 12.8. The van der Waals surface area contributed by atoms with Crippen LogP contribution in [0, 0.1) is 0 Å². The molecule has 3 fully saturated rings. The average Bonchev–Trinajstić information content (AvgIpc) is 3.44. The van der Waals surface area contributed by atoms with E-state index in [2.05, 4.69) is 15.2 Å². The molecule has 0 radical (unpaired) electrons. The summed E-state index contributed by atoms with van der Waals surface area (Å²) in [4.78, 5) is 18.4. The van der Waals surface area contributed by atoms with E-state index in [4.69, 9.17) is 0 Å². The van der Waals surface area contributed by atoms with Crippen LogP contribution in [0.5, 0.6) is 0 Å². The number of nitrogens with one attached hydrogen (secondary N) is 2.